The molecule has 1 aliphatic heterocycles. The van der Waals surface area contributed by atoms with Crippen molar-refractivity contribution < 1.29 is 9.53 Å². The van der Waals surface area contributed by atoms with Crippen LogP contribution in [-0.2, 0) is 4.74 Å². The lowest BCUT2D eigenvalue weighted by molar-refractivity contribution is 0.0455. The van der Waals surface area contributed by atoms with E-state index in [4.69, 9.17) is 4.74 Å². The van der Waals surface area contributed by atoms with Gasteiger partial charge < -0.3 is 4.74 Å². The van der Waals surface area contributed by atoms with Gasteiger partial charge in [0.1, 0.15) is 0 Å². The summed E-state index contributed by atoms with van der Waals surface area (Å²) in [4.78, 5) is 13.7. The summed E-state index contributed by atoms with van der Waals surface area (Å²) in [5, 5.41) is 0.542. The Labute approximate surface area is 91.7 Å². The highest BCUT2D eigenvalue weighted by molar-refractivity contribution is 8.00. The highest BCUT2D eigenvalue weighted by Gasteiger charge is 2.20. The zero-order valence-corrected chi connectivity index (χ0v) is 9.62. The number of aryl methyl sites for hydroxylation is 1. The number of thioether (sulfide) groups is 1. The van der Waals surface area contributed by atoms with Crippen molar-refractivity contribution in [3.05, 3.63) is 21.9 Å². The van der Waals surface area contributed by atoms with Crippen LogP contribution in [0, 0.1) is 6.92 Å². The third-order valence-electron chi connectivity index (χ3n) is 2.07. The van der Waals surface area contributed by atoms with Gasteiger partial charge in [0.2, 0.25) is 0 Å². The van der Waals surface area contributed by atoms with Crippen molar-refractivity contribution in [1.29, 1.82) is 0 Å². The van der Waals surface area contributed by atoms with Gasteiger partial charge in [0.05, 0.1) is 29.1 Å². The van der Waals surface area contributed by atoms with Crippen LogP contribution in [0.3, 0.4) is 0 Å². The minimum absolute atomic E-state index is 0.250. The van der Waals surface area contributed by atoms with Gasteiger partial charge in [0.15, 0.2) is 5.78 Å². The lowest BCUT2D eigenvalue weighted by Crippen LogP contribution is -2.31. The Morgan fingerprint density at radius 2 is 2.43 bits per heavy atom. The number of hydrogen-bond donors (Lipinski definition) is 0. The summed E-state index contributed by atoms with van der Waals surface area (Å²) in [6, 6.07) is 3.91. The molecule has 1 saturated heterocycles. The summed E-state index contributed by atoms with van der Waals surface area (Å²) < 4.78 is 5.05. The molecule has 0 amide bonds. The molecule has 2 heterocycles. The first-order chi connectivity index (χ1) is 6.75. The second-order valence-electron chi connectivity index (χ2n) is 3.30. The Kier molecular flexibility index (Phi) is 3.26. The van der Waals surface area contributed by atoms with Gasteiger partial charge in [-0.25, -0.2) is 0 Å². The maximum atomic E-state index is 11.7. The van der Waals surface area contributed by atoms with E-state index in [-0.39, 0.29) is 5.78 Å². The summed E-state index contributed by atoms with van der Waals surface area (Å²) in [6.07, 6.45) is 0. The molecular weight excluding hydrogens is 216 g/mol. The molecule has 1 aliphatic rings. The quantitative estimate of drug-likeness (QED) is 0.740. The number of ketones is 1. The molecule has 0 bridgehead atoms. The van der Waals surface area contributed by atoms with Crippen molar-refractivity contribution in [2.75, 3.05) is 19.0 Å². The summed E-state index contributed by atoms with van der Waals surface area (Å²) in [6.45, 7) is 3.64. The summed E-state index contributed by atoms with van der Waals surface area (Å²) in [5.41, 5.74) is 0. The van der Waals surface area contributed by atoms with Gasteiger partial charge in [-0.2, -0.15) is 0 Å². The van der Waals surface area contributed by atoms with E-state index in [1.54, 1.807) is 23.1 Å². The Bertz CT molecular complexity index is 329. The van der Waals surface area contributed by atoms with Crippen molar-refractivity contribution >= 4 is 28.9 Å². The SMILES string of the molecule is Cc1ccc(C(=O)CSC2COC2)s1. The molecule has 0 unspecified atom stereocenters. The highest BCUT2D eigenvalue weighted by atomic mass is 32.2. The monoisotopic (exact) mass is 228 g/mol. The molecule has 1 fully saturated rings. The number of carbonyl (C=O) groups is 1. The summed E-state index contributed by atoms with van der Waals surface area (Å²) >= 11 is 3.29. The molecule has 0 N–H and O–H groups in total. The highest BCUT2D eigenvalue weighted by Crippen LogP contribution is 2.22. The fourth-order valence-corrected chi connectivity index (χ4v) is 2.98. The van der Waals surface area contributed by atoms with Gasteiger partial charge in [-0.15, -0.1) is 23.1 Å². The van der Waals surface area contributed by atoms with Crippen LogP contribution < -0.4 is 0 Å². The van der Waals surface area contributed by atoms with Gasteiger partial charge in [-0.05, 0) is 19.1 Å². The lowest BCUT2D eigenvalue weighted by atomic mass is 10.3. The first-order valence-corrected chi connectivity index (χ1v) is 6.41. The molecule has 0 aromatic carbocycles. The van der Waals surface area contributed by atoms with Crippen molar-refractivity contribution in [1.82, 2.24) is 0 Å². The van der Waals surface area contributed by atoms with E-state index < -0.39 is 0 Å². The Hall–Kier alpha value is -0.320. The van der Waals surface area contributed by atoms with Crippen LogP contribution in [-0.4, -0.2) is 30.0 Å². The minimum Gasteiger partial charge on any atom is -0.379 e. The third-order valence-corrected chi connectivity index (χ3v) is 4.29. The van der Waals surface area contributed by atoms with Gasteiger partial charge in [-0.3, -0.25) is 4.79 Å². The predicted molar refractivity (Wildman–Crippen MR) is 60.5 cm³/mol. The van der Waals surface area contributed by atoms with E-state index in [0.29, 0.717) is 11.0 Å². The predicted octanol–water partition coefficient (Wildman–Crippen LogP) is 2.37. The van der Waals surface area contributed by atoms with Crippen LogP contribution in [0.25, 0.3) is 0 Å². The van der Waals surface area contributed by atoms with Crippen molar-refractivity contribution in [3.8, 4) is 0 Å². The van der Waals surface area contributed by atoms with Crippen molar-refractivity contribution in [2.24, 2.45) is 0 Å². The molecular formula is C10H12O2S2. The Morgan fingerprint density at radius 1 is 1.64 bits per heavy atom. The standard InChI is InChI=1S/C10H12O2S2/c1-7-2-3-10(14-7)9(11)6-13-8-4-12-5-8/h2-3,8H,4-6H2,1H3. The van der Waals surface area contributed by atoms with E-state index in [0.717, 1.165) is 18.1 Å². The van der Waals surface area contributed by atoms with Gasteiger partial charge in [0.25, 0.3) is 0 Å². The molecule has 0 radical (unpaired) electrons. The molecule has 0 saturated carbocycles. The summed E-state index contributed by atoms with van der Waals surface area (Å²) in [5.74, 6) is 0.841. The van der Waals surface area contributed by atoms with Crippen molar-refractivity contribution in [3.63, 3.8) is 0 Å². The smallest absolute Gasteiger partial charge is 0.182 e. The zero-order chi connectivity index (χ0) is 9.97. The molecule has 0 atom stereocenters. The zero-order valence-electron chi connectivity index (χ0n) is 7.99. The molecule has 0 aliphatic carbocycles. The van der Waals surface area contributed by atoms with Gasteiger partial charge in [0, 0.05) is 4.88 Å². The van der Waals surface area contributed by atoms with E-state index in [2.05, 4.69) is 0 Å². The average molecular weight is 228 g/mol. The number of carbonyl (C=O) groups excluding carboxylic acids is 1. The first-order valence-electron chi connectivity index (χ1n) is 4.54. The normalized spacial score (nSPS) is 16.6. The van der Waals surface area contributed by atoms with Gasteiger partial charge >= 0.3 is 0 Å². The van der Waals surface area contributed by atoms with E-state index in [1.807, 2.05) is 19.1 Å². The second kappa shape index (κ2) is 4.47. The lowest BCUT2D eigenvalue weighted by Gasteiger charge is -2.24. The number of rotatable bonds is 4. The molecule has 2 nitrogen and oxygen atoms in total. The Morgan fingerprint density at radius 3 is 2.93 bits per heavy atom. The number of ether oxygens (including phenoxy) is 1. The molecule has 0 spiro atoms. The van der Waals surface area contributed by atoms with E-state index in [1.165, 1.54) is 4.88 Å². The minimum atomic E-state index is 0.250. The number of thiophene rings is 1. The molecule has 14 heavy (non-hydrogen) atoms. The molecule has 4 heteroatoms. The van der Waals surface area contributed by atoms with Crippen LogP contribution in [0.15, 0.2) is 12.1 Å². The summed E-state index contributed by atoms with van der Waals surface area (Å²) in [7, 11) is 0. The Balaban J connectivity index is 1.82. The van der Waals surface area contributed by atoms with Crippen LogP contribution in [0.5, 0.6) is 0 Å². The first kappa shape index (κ1) is 10.2. The maximum Gasteiger partial charge on any atom is 0.182 e. The fourth-order valence-electron chi connectivity index (χ4n) is 1.16. The topological polar surface area (TPSA) is 26.3 Å². The van der Waals surface area contributed by atoms with Gasteiger partial charge in [-0.1, -0.05) is 0 Å². The molecule has 76 valence electrons. The number of Topliss-reactive ketones (excluding diaryl/α,β-unsaturated/α-hetero) is 1. The van der Waals surface area contributed by atoms with Crippen LogP contribution >= 0.6 is 23.1 Å². The van der Waals surface area contributed by atoms with Crippen LogP contribution in [0.4, 0.5) is 0 Å². The maximum absolute atomic E-state index is 11.7. The van der Waals surface area contributed by atoms with E-state index in [9.17, 15) is 4.79 Å². The third kappa shape index (κ3) is 2.38. The number of hydrogen-bond acceptors (Lipinski definition) is 4. The largest absolute Gasteiger partial charge is 0.379 e. The molecule has 1 aromatic heterocycles. The second-order valence-corrected chi connectivity index (χ2v) is 5.88. The molecule has 1 aromatic rings. The van der Waals surface area contributed by atoms with Crippen LogP contribution in [0.1, 0.15) is 14.5 Å². The fraction of sp³-hybridized carbons (Fsp3) is 0.500. The average Bonchev–Trinajstić information content (AvgIpc) is 2.49. The molecule has 2 rings (SSSR count). The van der Waals surface area contributed by atoms with Crippen molar-refractivity contribution in [2.45, 2.75) is 12.2 Å². The van der Waals surface area contributed by atoms with Crippen LogP contribution in [0.2, 0.25) is 0 Å². The van der Waals surface area contributed by atoms with E-state index >= 15 is 0 Å².